The molecule has 0 heterocycles. The van der Waals surface area contributed by atoms with Gasteiger partial charge in [0.1, 0.15) is 28.7 Å². The molecule has 0 aliphatic carbocycles. The van der Waals surface area contributed by atoms with Crippen molar-refractivity contribution in [3.63, 3.8) is 0 Å². The number of alkyl halides is 3. The highest BCUT2D eigenvalue weighted by atomic mass is 35.5. The minimum absolute atomic E-state index is 0.00820. The number of ether oxygens (including phenoxy) is 3. The third-order valence-corrected chi connectivity index (χ3v) is 9.76. The summed E-state index contributed by atoms with van der Waals surface area (Å²) in [6, 6.07) is 13.1. The van der Waals surface area contributed by atoms with E-state index in [4.69, 9.17) is 49.0 Å². The first-order valence-corrected chi connectivity index (χ1v) is 18.3. The Kier molecular flexibility index (Phi) is 11.1. The van der Waals surface area contributed by atoms with Gasteiger partial charge in [0, 0.05) is 18.6 Å². The third kappa shape index (κ3) is 9.57. The van der Waals surface area contributed by atoms with E-state index in [1.807, 2.05) is 0 Å². The molecule has 0 saturated carbocycles. The number of aliphatic carboxylic acids is 1. The number of sulfone groups is 2. The lowest BCUT2D eigenvalue weighted by molar-refractivity contribution is -0.144. The molecule has 260 valence electrons. The topological polar surface area (TPSA) is 150 Å². The molecule has 4 aromatic rings. The zero-order chi connectivity index (χ0) is 36.5. The highest BCUT2D eigenvalue weighted by Gasteiger charge is 2.36. The number of hydrogen-bond donors (Lipinski definition) is 1. The predicted molar refractivity (Wildman–Crippen MR) is 173 cm³/mol. The zero-order valence-electron chi connectivity index (χ0n) is 24.9. The van der Waals surface area contributed by atoms with Crippen molar-refractivity contribution in [2.75, 3.05) is 12.5 Å². The van der Waals surface area contributed by atoms with Crippen LogP contribution in [-0.2, 0) is 35.4 Å². The Morgan fingerprint density at radius 1 is 0.714 bits per heavy atom. The number of hydrogen-bond acceptors (Lipinski definition) is 9. The van der Waals surface area contributed by atoms with Crippen LogP contribution in [0.25, 0.3) is 0 Å². The van der Waals surface area contributed by atoms with Gasteiger partial charge < -0.3 is 19.3 Å². The number of halogens is 6. The van der Waals surface area contributed by atoms with Crippen LogP contribution in [0.1, 0.15) is 23.5 Å². The highest BCUT2D eigenvalue weighted by Crippen LogP contribution is 2.42. The molecule has 10 nitrogen and oxygen atoms in total. The second-order valence-electron chi connectivity index (χ2n) is 10.3. The molecule has 49 heavy (non-hydrogen) atoms. The van der Waals surface area contributed by atoms with E-state index in [-0.39, 0.29) is 48.5 Å². The number of carbonyl (C=O) groups is 2. The molecule has 1 N–H and O–H groups in total. The number of carbonyl (C=O) groups excluding carboxylic acids is 1. The molecule has 0 fully saturated rings. The van der Waals surface area contributed by atoms with Gasteiger partial charge in [0.25, 0.3) is 0 Å². The molecule has 4 rings (SSSR count). The largest absolute Gasteiger partial charge is 0.481 e. The van der Waals surface area contributed by atoms with Gasteiger partial charge in [-0.2, -0.15) is 13.2 Å². The van der Waals surface area contributed by atoms with Crippen LogP contribution in [-0.4, -0.2) is 46.4 Å². The summed E-state index contributed by atoms with van der Waals surface area (Å²) in [5, 5.41) is 9.69. The second-order valence-corrected chi connectivity index (χ2v) is 15.6. The lowest BCUT2D eigenvalue weighted by Gasteiger charge is -2.17. The van der Waals surface area contributed by atoms with E-state index >= 15 is 0 Å². The summed E-state index contributed by atoms with van der Waals surface area (Å²) in [7, 11) is -7.55. The molecular formula is C31H22Cl3F3O10S2. The molecule has 4 aromatic carbocycles. The average Bonchev–Trinajstić information content (AvgIpc) is 2.98. The van der Waals surface area contributed by atoms with Crippen LogP contribution in [0.15, 0.2) is 82.6 Å². The molecule has 18 heteroatoms. The molecule has 1 atom stereocenters. The van der Waals surface area contributed by atoms with E-state index in [1.54, 1.807) is 0 Å². The molecule has 0 aromatic heterocycles. The van der Waals surface area contributed by atoms with Crippen LogP contribution in [0.5, 0.6) is 28.7 Å². The fourth-order valence-corrected chi connectivity index (χ4v) is 6.10. The SMILES string of the molecule is CS(=O)(=O)c1ccc(Oc2cc(C(CC(=O)Oc3ccc(Cl)c(Oc4ccc(S(C)(=O)=O)cc4C(F)(F)F)c3)C(=O)O)ccc2Cl)c(Cl)c1. The Labute approximate surface area is 292 Å². The van der Waals surface area contributed by atoms with E-state index in [9.17, 15) is 44.7 Å². The Morgan fingerprint density at radius 3 is 1.80 bits per heavy atom. The highest BCUT2D eigenvalue weighted by molar-refractivity contribution is 7.91. The molecular weight excluding hydrogens is 760 g/mol. The molecule has 0 aliphatic heterocycles. The van der Waals surface area contributed by atoms with Gasteiger partial charge >= 0.3 is 18.1 Å². The quantitative estimate of drug-likeness (QED) is 0.116. The Bertz CT molecular complexity index is 2170. The minimum atomic E-state index is -5.01. The molecule has 0 saturated heterocycles. The standard InChI is InChI=1S/C31H22Cl3F3O10S2/c1-48(41,42)18-5-9-25(21(13-18)31(35,36)37)46-28-12-17(4-8-23(28)33)45-29(38)15-20(30(39)40)16-3-7-22(32)27(11-16)47-26-10-6-19(14-24(26)34)49(2,43)44/h3-14,20H,15H2,1-2H3,(H,39,40). The van der Waals surface area contributed by atoms with Gasteiger partial charge in [0.05, 0.1) is 42.8 Å². The zero-order valence-corrected chi connectivity index (χ0v) is 28.8. The van der Waals surface area contributed by atoms with Crippen LogP contribution in [0, 0.1) is 0 Å². The van der Waals surface area contributed by atoms with Gasteiger partial charge in [0.2, 0.25) is 0 Å². The van der Waals surface area contributed by atoms with Crippen LogP contribution in [0.2, 0.25) is 15.1 Å². The number of rotatable bonds is 11. The number of esters is 1. The lowest BCUT2D eigenvalue weighted by atomic mass is 9.95. The van der Waals surface area contributed by atoms with Gasteiger partial charge in [0.15, 0.2) is 19.7 Å². The van der Waals surface area contributed by atoms with Crippen molar-refractivity contribution in [1.29, 1.82) is 0 Å². The normalized spacial score (nSPS) is 12.7. The second kappa shape index (κ2) is 14.5. The Morgan fingerprint density at radius 2 is 1.24 bits per heavy atom. The van der Waals surface area contributed by atoms with Gasteiger partial charge in [-0.25, -0.2) is 16.8 Å². The summed E-state index contributed by atoms with van der Waals surface area (Å²) in [4.78, 5) is 24.4. The summed E-state index contributed by atoms with van der Waals surface area (Å²) in [6.07, 6.45) is -4.01. The first kappa shape index (κ1) is 37.8. The molecule has 1 unspecified atom stereocenters. The van der Waals surface area contributed by atoms with Gasteiger partial charge in [-0.05, 0) is 66.2 Å². The van der Waals surface area contributed by atoms with Crippen LogP contribution >= 0.6 is 34.8 Å². The molecule has 0 spiro atoms. The average molecular weight is 782 g/mol. The lowest BCUT2D eigenvalue weighted by Crippen LogP contribution is -2.19. The van der Waals surface area contributed by atoms with Gasteiger partial charge in [-0.15, -0.1) is 0 Å². The molecule has 0 bridgehead atoms. The Balaban J connectivity index is 1.55. The molecule has 0 amide bonds. The van der Waals surface area contributed by atoms with E-state index in [2.05, 4.69) is 0 Å². The van der Waals surface area contributed by atoms with Crippen LogP contribution in [0.3, 0.4) is 0 Å². The summed E-state index contributed by atoms with van der Waals surface area (Å²) in [5.74, 6) is -5.48. The van der Waals surface area contributed by atoms with Gasteiger partial charge in [-0.3, -0.25) is 9.59 Å². The first-order valence-electron chi connectivity index (χ1n) is 13.4. The fraction of sp³-hybridized carbons (Fsp3) is 0.161. The first-order chi connectivity index (χ1) is 22.6. The number of carboxylic acid groups (broad SMARTS) is 1. The summed E-state index contributed by atoms with van der Waals surface area (Å²) >= 11 is 18.5. The smallest absolute Gasteiger partial charge is 0.420 e. The van der Waals surface area contributed by atoms with Crippen molar-refractivity contribution < 1.29 is 58.9 Å². The van der Waals surface area contributed by atoms with Crippen molar-refractivity contribution >= 4 is 66.4 Å². The maximum absolute atomic E-state index is 13.8. The maximum atomic E-state index is 13.8. The molecule has 0 radical (unpaired) electrons. The van der Waals surface area contributed by atoms with Crippen molar-refractivity contribution in [1.82, 2.24) is 0 Å². The predicted octanol–water partition coefficient (Wildman–Crippen LogP) is 8.22. The van der Waals surface area contributed by atoms with Crippen molar-refractivity contribution in [2.45, 2.75) is 28.3 Å². The van der Waals surface area contributed by atoms with E-state index < -0.39 is 66.3 Å². The summed E-state index contributed by atoms with van der Waals surface area (Å²) < 4.78 is 105. The van der Waals surface area contributed by atoms with E-state index in [1.165, 1.54) is 36.4 Å². The summed E-state index contributed by atoms with van der Waals surface area (Å²) in [6.45, 7) is 0. The van der Waals surface area contributed by atoms with Gasteiger partial charge in [-0.1, -0.05) is 40.9 Å². The third-order valence-electron chi connectivity index (χ3n) is 6.62. The van der Waals surface area contributed by atoms with Crippen molar-refractivity contribution in [3.8, 4) is 28.7 Å². The van der Waals surface area contributed by atoms with E-state index in [0.29, 0.717) is 6.07 Å². The van der Waals surface area contributed by atoms with Crippen molar-refractivity contribution in [2.24, 2.45) is 0 Å². The van der Waals surface area contributed by atoms with Crippen LogP contribution < -0.4 is 14.2 Å². The monoisotopic (exact) mass is 780 g/mol. The number of carboxylic acids is 1. The summed E-state index contributed by atoms with van der Waals surface area (Å²) in [5.41, 5.74) is -1.34. The Hall–Kier alpha value is -4.02. The fourth-order valence-electron chi connectivity index (χ4n) is 4.21. The minimum Gasteiger partial charge on any atom is -0.481 e. The molecule has 0 aliphatic rings. The number of benzene rings is 4. The van der Waals surface area contributed by atoms with Crippen molar-refractivity contribution in [3.05, 3.63) is 99.0 Å². The van der Waals surface area contributed by atoms with Crippen LogP contribution in [0.4, 0.5) is 13.2 Å². The maximum Gasteiger partial charge on any atom is 0.420 e. The van der Waals surface area contributed by atoms with E-state index in [0.717, 1.165) is 42.8 Å².